The van der Waals surface area contributed by atoms with Crippen LogP contribution in [0.3, 0.4) is 0 Å². The summed E-state index contributed by atoms with van der Waals surface area (Å²) in [4.78, 5) is 2.38. The standard InChI is InChI=1S/C25H28F4N2O2/c1-17(8-11-30)31-12-9-19(10-13-31)24(32-14-15-33-24)23-16-21(26)6-7-22(23)18-2-4-20(5-3-18)25(27,28)29/h2-7,14-17,19H,8-13,30H2,1H3. The third-order valence-corrected chi connectivity index (χ3v) is 6.70. The van der Waals surface area contributed by atoms with Crippen LogP contribution in [0, 0.1) is 11.7 Å². The van der Waals surface area contributed by atoms with E-state index in [4.69, 9.17) is 15.2 Å². The van der Waals surface area contributed by atoms with Crippen LogP contribution in [-0.2, 0) is 21.4 Å². The lowest BCUT2D eigenvalue weighted by molar-refractivity contribution is -0.201. The summed E-state index contributed by atoms with van der Waals surface area (Å²) in [6, 6.07) is 9.44. The fraction of sp³-hybridized carbons (Fsp3) is 0.440. The molecule has 1 unspecified atom stereocenters. The lowest BCUT2D eigenvalue weighted by atomic mass is 9.80. The van der Waals surface area contributed by atoms with Crippen molar-refractivity contribution in [1.29, 1.82) is 0 Å². The number of alkyl halides is 3. The molecule has 0 aromatic heterocycles. The highest BCUT2D eigenvalue weighted by Gasteiger charge is 2.49. The zero-order valence-corrected chi connectivity index (χ0v) is 18.4. The van der Waals surface area contributed by atoms with E-state index in [0.717, 1.165) is 44.5 Å². The number of halogens is 4. The highest BCUT2D eigenvalue weighted by molar-refractivity contribution is 5.69. The van der Waals surface area contributed by atoms with Crippen molar-refractivity contribution in [3.8, 4) is 11.1 Å². The van der Waals surface area contributed by atoms with Crippen LogP contribution in [0.1, 0.15) is 37.3 Å². The van der Waals surface area contributed by atoms with E-state index in [-0.39, 0.29) is 5.92 Å². The van der Waals surface area contributed by atoms with Crippen LogP contribution >= 0.6 is 0 Å². The summed E-state index contributed by atoms with van der Waals surface area (Å²) in [6.07, 6.45) is 0.906. The van der Waals surface area contributed by atoms with Gasteiger partial charge in [0, 0.05) is 17.5 Å². The fourth-order valence-electron chi connectivity index (χ4n) is 4.86. The van der Waals surface area contributed by atoms with Gasteiger partial charge in [-0.2, -0.15) is 13.2 Å². The zero-order valence-electron chi connectivity index (χ0n) is 18.4. The first-order valence-electron chi connectivity index (χ1n) is 11.2. The molecule has 1 atom stereocenters. The van der Waals surface area contributed by atoms with Crippen molar-refractivity contribution in [2.75, 3.05) is 19.6 Å². The molecular weight excluding hydrogens is 436 g/mol. The lowest BCUT2D eigenvalue weighted by Gasteiger charge is -2.43. The van der Waals surface area contributed by atoms with Crippen molar-refractivity contribution in [2.45, 2.75) is 44.2 Å². The highest BCUT2D eigenvalue weighted by Crippen LogP contribution is 2.47. The van der Waals surface area contributed by atoms with Gasteiger partial charge in [0.1, 0.15) is 18.3 Å². The molecule has 4 rings (SSSR count). The minimum absolute atomic E-state index is 0.0659. The van der Waals surface area contributed by atoms with E-state index in [1.807, 2.05) is 0 Å². The van der Waals surface area contributed by atoms with Gasteiger partial charge in [-0.3, -0.25) is 0 Å². The molecule has 2 N–H and O–H groups in total. The summed E-state index contributed by atoms with van der Waals surface area (Å²) in [7, 11) is 0. The van der Waals surface area contributed by atoms with Crippen LogP contribution in [0.4, 0.5) is 17.6 Å². The quantitative estimate of drug-likeness (QED) is 0.563. The molecule has 2 aliphatic rings. The molecule has 2 aromatic carbocycles. The number of nitrogens with two attached hydrogens (primary N) is 1. The Kier molecular flexibility index (Phi) is 6.68. The van der Waals surface area contributed by atoms with Crippen LogP contribution in [0.15, 0.2) is 55.0 Å². The molecule has 4 nitrogen and oxygen atoms in total. The second-order valence-corrected chi connectivity index (χ2v) is 8.68. The molecule has 2 heterocycles. The van der Waals surface area contributed by atoms with E-state index in [2.05, 4.69) is 11.8 Å². The number of ether oxygens (including phenoxy) is 2. The highest BCUT2D eigenvalue weighted by atomic mass is 19.4. The molecule has 0 bridgehead atoms. The monoisotopic (exact) mass is 464 g/mol. The second-order valence-electron chi connectivity index (χ2n) is 8.68. The lowest BCUT2D eigenvalue weighted by Crippen LogP contribution is -2.47. The summed E-state index contributed by atoms with van der Waals surface area (Å²) in [5.74, 6) is -1.76. The SMILES string of the molecule is CC(CCN)N1CCC(C2(c3cc(F)ccc3-c3ccc(C(F)(F)F)cc3)OC=CO2)CC1. The summed E-state index contributed by atoms with van der Waals surface area (Å²) in [5, 5.41) is 0. The molecule has 2 aromatic rings. The molecule has 1 fully saturated rings. The number of nitrogens with zero attached hydrogens (tertiary/aromatic N) is 1. The minimum Gasteiger partial charge on any atom is -0.452 e. The molecule has 0 amide bonds. The number of rotatable bonds is 6. The van der Waals surface area contributed by atoms with Crippen molar-refractivity contribution in [2.24, 2.45) is 11.7 Å². The molecule has 33 heavy (non-hydrogen) atoms. The first-order chi connectivity index (χ1) is 15.7. The maximum Gasteiger partial charge on any atom is 0.416 e. The molecule has 8 heteroatoms. The molecular formula is C25H28F4N2O2. The molecule has 2 aliphatic heterocycles. The first-order valence-corrected chi connectivity index (χ1v) is 11.2. The number of hydrogen-bond donors (Lipinski definition) is 1. The van der Waals surface area contributed by atoms with Crippen molar-refractivity contribution >= 4 is 0 Å². The molecule has 0 saturated carbocycles. The molecule has 0 aliphatic carbocycles. The third kappa shape index (κ3) is 4.73. The average Bonchev–Trinajstić information content (AvgIpc) is 3.30. The van der Waals surface area contributed by atoms with Crippen LogP contribution in [0.25, 0.3) is 11.1 Å². The van der Waals surface area contributed by atoms with Crippen LogP contribution in [-0.4, -0.2) is 30.6 Å². The number of benzene rings is 2. The normalized spacial score (nSPS) is 19.8. The van der Waals surface area contributed by atoms with Gasteiger partial charge in [0.05, 0.1) is 5.56 Å². The average molecular weight is 465 g/mol. The second kappa shape index (κ2) is 9.35. The van der Waals surface area contributed by atoms with Crippen molar-refractivity contribution in [1.82, 2.24) is 4.90 Å². The van der Waals surface area contributed by atoms with Crippen LogP contribution in [0.5, 0.6) is 0 Å². The van der Waals surface area contributed by atoms with Crippen molar-refractivity contribution < 1.29 is 27.0 Å². The minimum atomic E-state index is -4.43. The number of piperidine rings is 1. The Balaban J connectivity index is 1.67. The fourth-order valence-corrected chi connectivity index (χ4v) is 4.86. The maximum atomic E-state index is 14.4. The van der Waals surface area contributed by atoms with Crippen LogP contribution < -0.4 is 5.73 Å². The predicted octanol–water partition coefficient (Wildman–Crippen LogP) is 5.63. The van der Waals surface area contributed by atoms with Gasteiger partial charge in [-0.1, -0.05) is 18.2 Å². The van der Waals surface area contributed by atoms with Crippen molar-refractivity contribution in [3.05, 3.63) is 71.9 Å². The largest absolute Gasteiger partial charge is 0.452 e. The Bertz CT molecular complexity index is 975. The Labute approximate surface area is 191 Å². The molecule has 178 valence electrons. The summed E-state index contributed by atoms with van der Waals surface area (Å²) in [6.45, 7) is 4.43. The van der Waals surface area contributed by atoms with Gasteiger partial charge < -0.3 is 20.1 Å². The zero-order chi connectivity index (χ0) is 23.6. The summed E-state index contributed by atoms with van der Waals surface area (Å²) >= 11 is 0. The molecule has 0 radical (unpaired) electrons. The molecule has 1 saturated heterocycles. The predicted molar refractivity (Wildman–Crippen MR) is 117 cm³/mol. The van der Waals surface area contributed by atoms with E-state index < -0.39 is 23.3 Å². The first kappa shape index (κ1) is 23.6. The topological polar surface area (TPSA) is 47.7 Å². The van der Waals surface area contributed by atoms with E-state index in [9.17, 15) is 17.6 Å². The number of likely N-dealkylation sites (tertiary alicyclic amines) is 1. The van der Waals surface area contributed by atoms with Gasteiger partial charge in [-0.25, -0.2) is 4.39 Å². The van der Waals surface area contributed by atoms with Crippen LogP contribution in [0.2, 0.25) is 0 Å². The van der Waals surface area contributed by atoms with Gasteiger partial charge in [0.15, 0.2) is 0 Å². The molecule has 0 spiro atoms. The Morgan fingerprint density at radius 3 is 2.27 bits per heavy atom. The Morgan fingerprint density at radius 1 is 1.06 bits per heavy atom. The summed E-state index contributed by atoms with van der Waals surface area (Å²) < 4.78 is 65.6. The van der Waals surface area contributed by atoms with Gasteiger partial charge in [-0.05, 0) is 81.2 Å². The smallest absolute Gasteiger partial charge is 0.416 e. The van der Waals surface area contributed by atoms with Gasteiger partial charge in [-0.15, -0.1) is 0 Å². The Hall–Kier alpha value is -2.58. The summed E-state index contributed by atoms with van der Waals surface area (Å²) in [5.41, 5.74) is 6.55. The maximum absolute atomic E-state index is 14.4. The van der Waals surface area contributed by atoms with E-state index >= 15 is 0 Å². The number of hydrogen-bond acceptors (Lipinski definition) is 4. The van der Waals surface area contributed by atoms with E-state index in [1.165, 1.54) is 36.8 Å². The third-order valence-electron chi connectivity index (χ3n) is 6.70. The van der Waals surface area contributed by atoms with E-state index in [0.29, 0.717) is 29.3 Å². The van der Waals surface area contributed by atoms with E-state index in [1.54, 1.807) is 6.07 Å². The van der Waals surface area contributed by atoms with Gasteiger partial charge in [0.25, 0.3) is 5.79 Å². The Morgan fingerprint density at radius 2 is 1.70 bits per heavy atom. The van der Waals surface area contributed by atoms with Crippen molar-refractivity contribution in [3.63, 3.8) is 0 Å². The van der Waals surface area contributed by atoms with Gasteiger partial charge in [0.2, 0.25) is 0 Å². The van der Waals surface area contributed by atoms with Gasteiger partial charge >= 0.3 is 6.18 Å².